The van der Waals surface area contributed by atoms with Gasteiger partial charge in [0.1, 0.15) is 12.4 Å². The van der Waals surface area contributed by atoms with Crippen LogP contribution in [-0.4, -0.2) is 19.7 Å². The lowest BCUT2D eigenvalue weighted by Crippen LogP contribution is -2.40. The summed E-state index contributed by atoms with van der Waals surface area (Å²) in [5.41, 5.74) is 0.143. The Balaban J connectivity index is 1.59. The zero-order valence-electron chi connectivity index (χ0n) is 17.6. The Morgan fingerprint density at radius 2 is 2.06 bits per heavy atom. The molecule has 4 aromatic rings. The van der Waals surface area contributed by atoms with Crippen molar-refractivity contribution >= 4 is 44.8 Å². The monoisotopic (exact) mass is 511 g/mol. The molecule has 1 aromatic carbocycles. The molecule has 3 heterocycles. The van der Waals surface area contributed by atoms with E-state index < -0.39 is 11.4 Å². The minimum atomic E-state index is -0.604. The smallest absolute Gasteiger partial charge is 0.375 e. The van der Waals surface area contributed by atoms with E-state index in [-0.39, 0.29) is 23.6 Å². The first kappa shape index (κ1) is 21.4. The van der Waals surface area contributed by atoms with E-state index in [1.54, 1.807) is 16.8 Å². The quantitative estimate of drug-likeness (QED) is 0.397. The normalized spacial score (nSPS) is 19.1. The first-order valence-corrected chi connectivity index (χ1v) is 12.6. The second-order valence-corrected chi connectivity index (χ2v) is 10.8. The van der Waals surface area contributed by atoms with E-state index in [1.807, 2.05) is 18.2 Å². The van der Waals surface area contributed by atoms with Crippen molar-refractivity contribution < 1.29 is 14.1 Å². The maximum atomic E-state index is 14.7. The van der Waals surface area contributed by atoms with Crippen molar-refractivity contribution in [3.05, 3.63) is 91.4 Å². The van der Waals surface area contributed by atoms with Gasteiger partial charge in [0.25, 0.3) is 5.88 Å². The molecule has 10 heteroatoms. The van der Waals surface area contributed by atoms with Crippen LogP contribution in [0.2, 0.25) is 4.47 Å². The van der Waals surface area contributed by atoms with Gasteiger partial charge in [-0.1, -0.05) is 65.3 Å². The lowest BCUT2D eigenvalue weighted by Gasteiger charge is -2.07. The van der Waals surface area contributed by atoms with E-state index in [0.29, 0.717) is 26.3 Å². The van der Waals surface area contributed by atoms with E-state index in [0.717, 1.165) is 16.9 Å². The molecule has 0 radical (unpaired) electrons. The van der Waals surface area contributed by atoms with Gasteiger partial charge in [-0.25, -0.2) is 14.2 Å². The molecule has 170 valence electrons. The molecule has 0 amide bonds. The zero-order chi connectivity index (χ0) is 23.4. The molecule has 0 aliphatic heterocycles. The summed E-state index contributed by atoms with van der Waals surface area (Å²) < 4.78 is 17.8. The van der Waals surface area contributed by atoms with E-state index in [9.17, 15) is 14.3 Å². The van der Waals surface area contributed by atoms with Crippen molar-refractivity contribution in [2.75, 3.05) is 0 Å². The van der Waals surface area contributed by atoms with Gasteiger partial charge in [0, 0.05) is 17.3 Å². The third kappa shape index (κ3) is 3.70. The second-order valence-electron chi connectivity index (χ2n) is 8.18. The number of nitrogens with zero attached hydrogens (tertiary/aromatic N) is 4. The summed E-state index contributed by atoms with van der Waals surface area (Å²) in [6.45, 7) is 0.196. The number of benzene rings is 1. The highest BCUT2D eigenvalue weighted by atomic mass is 35.5. The maximum absolute atomic E-state index is 14.7. The summed E-state index contributed by atoms with van der Waals surface area (Å²) in [5.74, 6) is 0.195. The molecule has 0 bridgehead atoms. The summed E-state index contributed by atoms with van der Waals surface area (Å²) in [6.07, 6.45) is 13.1. The SMILES string of the molecule is O=c1c(-c2ccccc2F)c(O)[n+](Cc2cnc(Cl)s2)c2sc(C3=CC=CC4CC4C=C3)nn12. The first-order chi connectivity index (χ1) is 16.5. The van der Waals surface area contributed by atoms with Crippen molar-refractivity contribution in [2.45, 2.75) is 13.0 Å². The molecular weight excluding hydrogens is 495 g/mol. The van der Waals surface area contributed by atoms with Gasteiger partial charge in [-0.2, -0.15) is 4.57 Å². The molecule has 6 rings (SSSR count). The summed E-state index contributed by atoms with van der Waals surface area (Å²) in [4.78, 5) is 18.7. The minimum Gasteiger partial charge on any atom is -0.477 e. The van der Waals surface area contributed by atoms with Gasteiger partial charge in [0.05, 0.1) is 4.88 Å². The Hall–Kier alpha value is -3.14. The topological polar surface area (TPSA) is 71.4 Å². The average Bonchev–Trinajstić information content (AvgIpc) is 3.17. The number of hydrogen-bond donors (Lipinski definition) is 1. The largest absolute Gasteiger partial charge is 0.477 e. The fraction of sp³-hybridized carbons (Fsp3) is 0.167. The molecule has 0 spiro atoms. The Kier molecular flexibility index (Phi) is 5.20. The number of hydrogen-bond acceptors (Lipinski definition) is 6. The van der Waals surface area contributed by atoms with Crippen LogP contribution in [0.1, 0.15) is 16.3 Å². The zero-order valence-corrected chi connectivity index (χ0v) is 19.9. The summed E-state index contributed by atoms with van der Waals surface area (Å²) in [7, 11) is 0. The predicted octanol–water partition coefficient (Wildman–Crippen LogP) is 4.86. The summed E-state index contributed by atoms with van der Waals surface area (Å²) >= 11 is 8.56. The molecule has 6 nitrogen and oxygen atoms in total. The molecule has 1 fully saturated rings. The van der Waals surface area contributed by atoms with Crippen LogP contribution in [-0.2, 0) is 6.54 Å². The van der Waals surface area contributed by atoms with E-state index >= 15 is 0 Å². The van der Waals surface area contributed by atoms with E-state index in [1.165, 1.54) is 45.4 Å². The highest BCUT2D eigenvalue weighted by Gasteiger charge is 2.33. The van der Waals surface area contributed by atoms with Gasteiger partial charge in [-0.05, 0) is 40.2 Å². The fourth-order valence-electron chi connectivity index (χ4n) is 4.09. The number of thiazole rings is 1. The number of allylic oxidation sites excluding steroid dienone is 6. The Morgan fingerprint density at radius 1 is 1.24 bits per heavy atom. The van der Waals surface area contributed by atoms with Crippen LogP contribution in [0, 0.1) is 17.7 Å². The van der Waals surface area contributed by atoms with Crippen LogP contribution in [0.4, 0.5) is 4.39 Å². The van der Waals surface area contributed by atoms with Gasteiger partial charge in [0.2, 0.25) is 0 Å². The molecule has 34 heavy (non-hydrogen) atoms. The lowest BCUT2D eigenvalue weighted by atomic mass is 10.1. The van der Waals surface area contributed by atoms with E-state index in [2.05, 4.69) is 22.2 Å². The van der Waals surface area contributed by atoms with Crippen molar-refractivity contribution in [1.82, 2.24) is 14.6 Å². The number of rotatable bonds is 4. The van der Waals surface area contributed by atoms with Crippen LogP contribution in [0.3, 0.4) is 0 Å². The first-order valence-electron chi connectivity index (χ1n) is 10.6. The third-order valence-electron chi connectivity index (χ3n) is 5.95. The minimum absolute atomic E-state index is 0.0119. The highest BCUT2D eigenvalue weighted by Crippen LogP contribution is 2.42. The molecule has 2 aliphatic carbocycles. The van der Waals surface area contributed by atoms with Crippen LogP contribution >= 0.6 is 34.3 Å². The Morgan fingerprint density at radius 3 is 2.85 bits per heavy atom. The van der Waals surface area contributed by atoms with Gasteiger partial charge >= 0.3 is 10.5 Å². The number of aromatic nitrogens is 4. The molecule has 2 aliphatic rings. The van der Waals surface area contributed by atoms with Gasteiger partial charge < -0.3 is 5.11 Å². The average molecular weight is 512 g/mol. The third-order valence-corrected chi connectivity index (χ3v) is 8.14. The molecule has 1 N–H and O–H groups in total. The molecule has 2 atom stereocenters. The Bertz CT molecular complexity index is 1600. The van der Waals surface area contributed by atoms with Gasteiger partial charge in [-0.15, -0.1) is 11.3 Å². The fourth-order valence-corrected chi connectivity index (χ4v) is 6.08. The van der Waals surface area contributed by atoms with Crippen LogP contribution < -0.4 is 10.1 Å². The van der Waals surface area contributed by atoms with Crippen LogP contribution in [0.5, 0.6) is 5.88 Å². The predicted molar refractivity (Wildman–Crippen MR) is 131 cm³/mol. The van der Waals surface area contributed by atoms with E-state index in [4.69, 9.17) is 11.6 Å². The molecule has 1 saturated carbocycles. The van der Waals surface area contributed by atoms with Gasteiger partial charge in [-0.3, -0.25) is 0 Å². The highest BCUT2D eigenvalue weighted by molar-refractivity contribution is 7.17. The lowest BCUT2D eigenvalue weighted by molar-refractivity contribution is -0.669. The molecule has 3 aromatic heterocycles. The maximum Gasteiger partial charge on any atom is 0.375 e. The second kappa shape index (κ2) is 8.26. The van der Waals surface area contributed by atoms with Gasteiger partial charge in [0.15, 0.2) is 15.0 Å². The standard InChI is InChI=1S/C24H16ClFN4O2S2/c25-23-27-11-16(33-23)12-29-21(31)19(17-6-1-2-7-18(17)26)22(32)30-24(29)34-20(28-30)13-4-3-5-14-10-15(14)9-8-13/h1-9,11,14-15H,10,12H2/p+1. The molecule has 2 unspecified atom stereocenters. The van der Waals surface area contributed by atoms with Crippen LogP contribution in [0.25, 0.3) is 21.7 Å². The van der Waals surface area contributed by atoms with Crippen LogP contribution in [0.15, 0.2) is 65.6 Å². The number of aromatic hydroxyl groups is 1. The number of fused-ring (bicyclic) bond motifs is 2. The van der Waals surface area contributed by atoms with Crippen molar-refractivity contribution in [2.24, 2.45) is 11.8 Å². The molecule has 0 saturated heterocycles. The summed E-state index contributed by atoms with van der Waals surface area (Å²) in [5, 5.41) is 16.4. The summed E-state index contributed by atoms with van der Waals surface area (Å²) in [6, 6.07) is 5.87. The number of halogens is 2. The Labute approximate surface area is 206 Å². The van der Waals surface area contributed by atoms with Crippen molar-refractivity contribution in [3.8, 4) is 17.0 Å². The van der Waals surface area contributed by atoms with Crippen molar-refractivity contribution in [1.29, 1.82) is 0 Å². The van der Waals surface area contributed by atoms with Crippen molar-refractivity contribution in [3.63, 3.8) is 0 Å². The molecular formula is C24H17ClFN4O2S2+.